The van der Waals surface area contributed by atoms with Crippen molar-refractivity contribution in [2.45, 2.75) is 38.6 Å². The fourth-order valence-electron chi connectivity index (χ4n) is 1.80. The summed E-state index contributed by atoms with van der Waals surface area (Å²) in [5.74, 6) is -0.527. The molecule has 1 amide bonds. The minimum atomic E-state index is -0.478. The molecule has 0 aromatic carbocycles. The van der Waals surface area contributed by atoms with Crippen LogP contribution in [0.5, 0.6) is 0 Å². The summed E-state index contributed by atoms with van der Waals surface area (Å²) >= 11 is 0. The SMILES string of the molecule is C=CCC.COC(=O)CNC(=O)[C@]1(C)CCCN1C. The number of hydrogen-bond acceptors (Lipinski definition) is 4. The van der Waals surface area contributed by atoms with Crippen LogP contribution in [-0.4, -0.2) is 49.6 Å². The number of nitrogens with zero attached hydrogens (tertiary/aromatic N) is 1. The molecule has 1 N–H and O–H groups in total. The molecule has 0 saturated carbocycles. The van der Waals surface area contributed by atoms with Crippen molar-refractivity contribution in [2.24, 2.45) is 0 Å². The number of carbonyl (C=O) groups excluding carboxylic acids is 2. The summed E-state index contributed by atoms with van der Waals surface area (Å²) in [7, 11) is 3.22. The van der Waals surface area contributed by atoms with E-state index in [-0.39, 0.29) is 12.5 Å². The van der Waals surface area contributed by atoms with Gasteiger partial charge in [-0.2, -0.15) is 0 Å². The molecule has 0 bridgehead atoms. The summed E-state index contributed by atoms with van der Waals surface area (Å²) in [4.78, 5) is 24.7. The second kappa shape index (κ2) is 8.69. The molecule has 1 aliphatic heterocycles. The summed E-state index contributed by atoms with van der Waals surface area (Å²) in [5, 5.41) is 2.59. The third-order valence-electron chi connectivity index (χ3n) is 3.40. The van der Waals surface area contributed by atoms with Crippen LogP contribution in [0.1, 0.15) is 33.1 Å². The number of likely N-dealkylation sites (tertiary alicyclic amines) is 1. The lowest BCUT2D eigenvalue weighted by Gasteiger charge is -2.30. The fraction of sp³-hybridized carbons (Fsp3) is 0.714. The Balaban J connectivity index is 0.000000711. The van der Waals surface area contributed by atoms with Crippen molar-refractivity contribution in [2.75, 3.05) is 27.2 Å². The predicted molar refractivity (Wildman–Crippen MR) is 75.8 cm³/mol. The van der Waals surface area contributed by atoms with Crippen molar-refractivity contribution in [1.29, 1.82) is 0 Å². The smallest absolute Gasteiger partial charge is 0.325 e. The van der Waals surface area contributed by atoms with Gasteiger partial charge in [0.25, 0.3) is 0 Å². The molecule has 110 valence electrons. The van der Waals surface area contributed by atoms with Gasteiger partial charge in [-0.1, -0.05) is 13.0 Å². The summed E-state index contributed by atoms with van der Waals surface area (Å²) in [6.45, 7) is 8.30. The van der Waals surface area contributed by atoms with Crippen LogP contribution >= 0.6 is 0 Å². The molecule has 0 radical (unpaired) electrons. The molecule has 1 saturated heterocycles. The van der Waals surface area contributed by atoms with Gasteiger partial charge < -0.3 is 10.1 Å². The summed E-state index contributed by atoms with van der Waals surface area (Å²) in [5.41, 5.74) is -0.478. The Morgan fingerprint density at radius 1 is 1.53 bits per heavy atom. The maximum absolute atomic E-state index is 11.8. The second-order valence-electron chi connectivity index (χ2n) is 4.75. The maximum Gasteiger partial charge on any atom is 0.325 e. The molecular weight excluding hydrogens is 244 g/mol. The van der Waals surface area contributed by atoms with Crippen molar-refractivity contribution < 1.29 is 14.3 Å². The number of nitrogens with one attached hydrogen (secondary N) is 1. The minimum absolute atomic E-state index is 0.0568. The number of esters is 1. The molecule has 1 rings (SSSR count). The summed E-state index contributed by atoms with van der Waals surface area (Å²) < 4.78 is 4.46. The molecule has 0 unspecified atom stereocenters. The van der Waals surface area contributed by atoms with Gasteiger partial charge in [0.05, 0.1) is 12.6 Å². The Labute approximate surface area is 116 Å². The highest BCUT2D eigenvalue weighted by atomic mass is 16.5. The van der Waals surface area contributed by atoms with Crippen LogP contribution < -0.4 is 5.32 Å². The van der Waals surface area contributed by atoms with Crippen LogP contribution in [0.2, 0.25) is 0 Å². The Hall–Kier alpha value is -1.36. The highest BCUT2D eigenvalue weighted by molar-refractivity contribution is 5.89. The van der Waals surface area contributed by atoms with Crippen LogP contribution in [0.3, 0.4) is 0 Å². The largest absolute Gasteiger partial charge is 0.468 e. The molecule has 5 nitrogen and oxygen atoms in total. The average Bonchev–Trinajstić information content (AvgIpc) is 2.77. The van der Waals surface area contributed by atoms with E-state index in [2.05, 4.69) is 23.6 Å². The van der Waals surface area contributed by atoms with E-state index in [1.165, 1.54) is 7.11 Å². The van der Waals surface area contributed by atoms with Crippen molar-refractivity contribution in [3.8, 4) is 0 Å². The standard InChI is InChI=1S/C10H18N2O3.C4H8/c1-10(5-4-6-12(10)2)9(14)11-7-8(13)15-3;1-3-4-2/h4-7H2,1-3H3,(H,11,14);3H,1,4H2,2H3/t10-;/m0./s1. The molecule has 1 atom stereocenters. The van der Waals surface area contributed by atoms with Gasteiger partial charge in [0.1, 0.15) is 6.54 Å². The topological polar surface area (TPSA) is 58.6 Å². The molecule has 1 fully saturated rings. The van der Waals surface area contributed by atoms with Gasteiger partial charge in [-0.25, -0.2) is 0 Å². The number of likely N-dealkylation sites (N-methyl/N-ethyl adjacent to an activating group) is 1. The second-order valence-corrected chi connectivity index (χ2v) is 4.75. The Kier molecular flexibility index (Phi) is 8.07. The van der Waals surface area contributed by atoms with E-state index in [1.54, 1.807) is 0 Å². The summed E-state index contributed by atoms with van der Waals surface area (Å²) in [6.07, 6.45) is 4.80. The number of ether oxygens (including phenoxy) is 1. The highest BCUT2D eigenvalue weighted by Gasteiger charge is 2.40. The molecular formula is C14H26N2O3. The molecule has 19 heavy (non-hydrogen) atoms. The molecule has 1 heterocycles. The first kappa shape index (κ1) is 17.6. The van der Waals surface area contributed by atoms with E-state index in [0.717, 1.165) is 25.8 Å². The lowest BCUT2D eigenvalue weighted by Crippen LogP contribution is -2.52. The predicted octanol–water partition coefficient (Wildman–Crippen LogP) is 1.34. The van der Waals surface area contributed by atoms with Crippen LogP contribution in [-0.2, 0) is 14.3 Å². The highest BCUT2D eigenvalue weighted by Crippen LogP contribution is 2.26. The quantitative estimate of drug-likeness (QED) is 0.619. The van der Waals surface area contributed by atoms with Gasteiger partial charge in [-0.3, -0.25) is 14.5 Å². The number of rotatable bonds is 4. The van der Waals surface area contributed by atoms with E-state index in [4.69, 9.17) is 0 Å². The molecule has 0 aromatic rings. The third kappa shape index (κ3) is 5.42. The third-order valence-corrected chi connectivity index (χ3v) is 3.40. The zero-order valence-corrected chi connectivity index (χ0v) is 12.5. The fourth-order valence-corrected chi connectivity index (χ4v) is 1.80. The monoisotopic (exact) mass is 270 g/mol. The number of allylic oxidation sites excluding steroid dienone is 1. The van der Waals surface area contributed by atoms with Gasteiger partial charge in [0, 0.05) is 0 Å². The first-order chi connectivity index (χ1) is 8.92. The first-order valence-electron chi connectivity index (χ1n) is 6.59. The number of amides is 1. The molecule has 0 aliphatic carbocycles. The van der Waals surface area contributed by atoms with Crippen molar-refractivity contribution in [3.05, 3.63) is 12.7 Å². The van der Waals surface area contributed by atoms with Gasteiger partial charge in [0.15, 0.2) is 0 Å². The number of carbonyl (C=O) groups is 2. The normalized spacial score (nSPS) is 22.1. The van der Waals surface area contributed by atoms with Crippen LogP contribution in [0.4, 0.5) is 0 Å². The molecule has 5 heteroatoms. The summed E-state index contributed by atoms with van der Waals surface area (Å²) in [6, 6.07) is 0. The van der Waals surface area contributed by atoms with Crippen LogP contribution in [0, 0.1) is 0 Å². The van der Waals surface area contributed by atoms with Crippen molar-refractivity contribution in [1.82, 2.24) is 10.2 Å². The maximum atomic E-state index is 11.8. The Morgan fingerprint density at radius 2 is 2.11 bits per heavy atom. The zero-order valence-electron chi connectivity index (χ0n) is 12.5. The van der Waals surface area contributed by atoms with Gasteiger partial charge in [-0.15, -0.1) is 6.58 Å². The van der Waals surface area contributed by atoms with Gasteiger partial charge in [-0.05, 0) is 39.8 Å². The number of methoxy groups -OCH3 is 1. The van der Waals surface area contributed by atoms with Crippen LogP contribution in [0.25, 0.3) is 0 Å². The lowest BCUT2D eigenvalue weighted by molar-refractivity contribution is -0.142. The zero-order chi connectivity index (χ0) is 14.9. The van der Waals surface area contributed by atoms with E-state index < -0.39 is 11.5 Å². The van der Waals surface area contributed by atoms with E-state index in [0.29, 0.717) is 0 Å². The molecule has 1 aliphatic rings. The Morgan fingerprint density at radius 3 is 2.47 bits per heavy atom. The molecule has 0 aromatic heterocycles. The van der Waals surface area contributed by atoms with Gasteiger partial charge >= 0.3 is 5.97 Å². The van der Waals surface area contributed by atoms with Crippen molar-refractivity contribution >= 4 is 11.9 Å². The minimum Gasteiger partial charge on any atom is -0.468 e. The van der Waals surface area contributed by atoms with E-state index in [9.17, 15) is 9.59 Å². The first-order valence-corrected chi connectivity index (χ1v) is 6.59. The van der Waals surface area contributed by atoms with E-state index >= 15 is 0 Å². The average molecular weight is 270 g/mol. The lowest BCUT2D eigenvalue weighted by atomic mass is 9.98. The molecule has 0 spiro atoms. The number of hydrogen-bond donors (Lipinski definition) is 1. The van der Waals surface area contributed by atoms with Crippen molar-refractivity contribution in [3.63, 3.8) is 0 Å². The Bertz CT molecular complexity index is 318. The van der Waals surface area contributed by atoms with Crippen LogP contribution in [0.15, 0.2) is 12.7 Å². The van der Waals surface area contributed by atoms with Gasteiger partial charge in [0.2, 0.25) is 5.91 Å². The van der Waals surface area contributed by atoms with E-state index in [1.807, 2.05) is 24.9 Å².